The number of hydrogen-bond acceptors (Lipinski definition) is 8. The Hall–Kier alpha value is -8.36. The highest BCUT2D eigenvalue weighted by atomic mass is 15.1. The highest BCUT2D eigenvalue weighted by molar-refractivity contribution is 5.77. The lowest BCUT2D eigenvalue weighted by atomic mass is 10.1. The molecule has 8 heteroatoms. The fraction of sp³-hybridized carbons (Fsp3) is 0.381. The molecule has 0 aliphatic heterocycles. The van der Waals surface area contributed by atoms with Gasteiger partial charge in [0.15, 0.2) is 0 Å². The van der Waals surface area contributed by atoms with Crippen molar-refractivity contribution in [3.63, 3.8) is 0 Å². The van der Waals surface area contributed by atoms with Crippen LogP contribution < -0.4 is 19.6 Å². The zero-order valence-corrected chi connectivity index (χ0v) is 57.3. The van der Waals surface area contributed by atoms with E-state index in [1.165, 1.54) is 148 Å². The largest absolute Gasteiger partial charge is 0.372 e. The first-order valence-corrected chi connectivity index (χ1v) is 35.2. The van der Waals surface area contributed by atoms with Gasteiger partial charge in [-0.25, -0.2) is 0 Å². The van der Waals surface area contributed by atoms with Gasteiger partial charge in [-0.3, -0.25) is 19.9 Å². The molecule has 0 spiro atoms. The number of nitrogens with zero attached hydrogens (tertiary/aromatic N) is 8. The van der Waals surface area contributed by atoms with Crippen LogP contribution in [0.1, 0.15) is 203 Å². The maximum atomic E-state index is 4.64. The zero-order valence-electron chi connectivity index (χ0n) is 57.3. The summed E-state index contributed by atoms with van der Waals surface area (Å²) < 4.78 is 0. The molecule has 0 saturated heterocycles. The van der Waals surface area contributed by atoms with Crippen LogP contribution in [0.2, 0.25) is 0 Å². The molecule has 0 aliphatic carbocycles. The van der Waals surface area contributed by atoms with E-state index in [-0.39, 0.29) is 0 Å². The van der Waals surface area contributed by atoms with Crippen molar-refractivity contribution in [3.05, 3.63) is 215 Å². The Morgan fingerprint density at radius 1 is 0.217 bits per heavy atom. The summed E-state index contributed by atoms with van der Waals surface area (Å²) in [4.78, 5) is 28.7. The van der Waals surface area contributed by atoms with Crippen molar-refractivity contribution < 1.29 is 0 Å². The van der Waals surface area contributed by atoms with Crippen molar-refractivity contribution in [2.45, 2.75) is 158 Å². The molecule has 92 heavy (non-hydrogen) atoms. The van der Waals surface area contributed by atoms with Gasteiger partial charge in [-0.15, -0.1) is 0 Å². The van der Waals surface area contributed by atoms with E-state index in [4.69, 9.17) is 0 Å². The Kier molecular flexibility index (Phi) is 31.8. The van der Waals surface area contributed by atoms with Gasteiger partial charge in [-0.05, 0) is 193 Å². The van der Waals surface area contributed by atoms with Gasteiger partial charge in [0.05, 0.1) is 22.8 Å². The van der Waals surface area contributed by atoms with Gasteiger partial charge >= 0.3 is 0 Å². The average molecular weight is 1230 g/mol. The normalized spacial score (nSPS) is 11.5. The maximum absolute atomic E-state index is 4.64. The van der Waals surface area contributed by atoms with Gasteiger partial charge < -0.3 is 19.6 Å². The van der Waals surface area contributed by atoms with Crippen LogP contribution in [-0.4, -0.2) is 72.3 Å². The molecule has 0 radical (unpaired) electrons. The summed E-state index contributed by atoms with van der Waals surface area (Å²) in [6.07, 6.45) is 44.4. The molecule has 0 saturated carbocycles. The third kappa shape index (κ3) is 24.4. The summed E-state index contributed by atoms with van der Waals surface area (Å²) in [7, 11) is 0. The lowest BCUT2D eigenvalue weighted by Gasteiger charge is -2.24. The van der Waals surface area contributed by atoms with E-state index < -0.39 is 0 Å². The van der Waals surface area contributed by atoms with Crippen LogP contribution in [0.25, 0.3) is 71.4 Å². The van der Waals surface area contributed by atoms with Crippen molar-refractivity contribution in [1.29, 1.82) is 0 Å². The summed E-state index contributed by atoms with van der Waals surface area (Å²) in [6.45, 7) is 27.1. The first-order valence-electron chi connectivity index (χ1n) is 35.2. The van der Waals surface area contributed by atoms with E-state index >= 15 is 0 Å². The molecule has 0 unspecified atom stereocenters. The third-order valence-electron chi connectivity index (χ3n) is 16.8. The minimum Gasteiger partial charge on any atom is -0.372 e. The van der Waals surface area contributed by atoms with E-state index in [1.807, 2.05) is 49.1 Å². The SMILES string of the molecule is CCCCN(CCCC)c1ccc(/C=C/c2ccnc(-c3cc(/C=C/c4ccc(N(CCCC)CCCC)cc4)ccn3)c2)cc1.CCCCN(CCCC)c1ccc(/C=C/c2ccnc(-c3cc(/C=C/c4ccc(N(CCCC)CCCC)cc4)ccn3)c2)cc1. The number of rotatable bonds is 38. The van der Waals surface area contributed by atoms with Crippen molar-refractivity contribution in [3.8, 4) is 22.8 Å². The van der Waals surface area contributed by atoms with E-state index in [9.17, 15) is 0 Å². The van der Waals surface area contributed by atoms with Gasteiger partial charge in [0.1, 0.15) is 0 Å². The van der Waals surface area contributed by atoms with Gasteiger partial charge in [-0.1, -0.05) is 204 Å². The number of benzene rings is 4. The predicted octanol–water partition coefficient (Wildman–Crippen LogP) is 22.6. The lowest BCUT2D eigenvalue weighted by molar-refractivity contribution is 0.678. The predicted molar refractivity (Wildman–Crippen MR) is 405 cm³/mol. The fourth-order valence-corrected chi connectivity index (χ4v) is 11.0. The summed E-state index contributed by atoms with van der Waals surface area (Å²) in [5.41, 5.74) is 18.0. The van der Waals surface area contributed by atoms with E-state index in [2.05, 4.69) is 265 Å². The molecule has 4 heterocycles. The molecule has 8 aromatic rings. The number of aromatic nitrogens is 4. The second-order valence-electron chi connectivity index (χ2n) is 24.4. The standard InChI is InChI=1S/2C42H54N4/c2*1-5-9-29-45(30-10-6-2)39-21-17-35(18-22-39)13-15-37-25-27-43-41(33-37)42-34-38(26-28-44-42)16-14-36-19-23-40(24-20-36)46(31-11-7-3)32-12-8-4/h2*13-28,33-34H,5-12,29-32H2,1-4H3/b2*15-13+,16-14+. The summed E-state index contributed by atoms with van der Waals surface area (Å²) >= 11 is 0. The molecule has 484 valence electrons. The van der Waals surface area contributed by atoms with Crippen LogP contribution in [0, 0.1) is 0 Å². The molecule has 0 N–H and O–H groups in total. The number of anilines is 4. The van der Waals surface area contributed by atoms with Gasteiger partial charge in [-0.2, -0.15) is 0 Å². The van der Waals surface area contributed by atoms with Gasteiger partial charge in [0, 0.05) is 99.9 Å². The Morgan fingerprint density at radius 3 is 0.543 bits per heavy atom. The molecular formula is C84H108N8. The highest BCUT2D eigenvalue weighted by Crippen LogP contribution is 2.26. The van der Waals surface area contributed by atoms with Crippen LogP contribution in [0.5, 0.6) is 0 Å². The van der Waals surface area contributed by atoms with Crippen molar-refractivity contribution in [1.82, 2.24) is 19.9 Å². The van der Waals surface area contributed by atoms with Crippen LogP contribution >= 0.6 is 0 Å². The minimum atomic E-state index is 0.874. The molecule has 0 bridgehead atoms. The Labute approximate surface area is 556 Å². The highest BCUT2D eigenvalue weighted by Gasteiger charge is 2.11. The third-order valence-corrected chi connectivity index (χ3v) is 16.8. The summed E-state index contributed by atoms with van der Waals surface area (Å²) in [5, 5.41) is 0. The number of unbranched alkanes of at least 4 members (excludes halogenated alkanes) is 8. The second kappa shape index (κ2) is 41.2. The van der Waals surface area contributed by atoms with Crippen LogP contribution in [0.4, 0.5) is 22.7 Å². The van der Waals surface area contributed by atoms with Crippen LogP contribution in [0.3, 0.4) is 0 Å². The quantitative estimate of drug-likeness (QED) is 0.0379. The molecule has 0 aliphatic rings. The molecule has 4 aromatic heterocycles. The Balaban J connectivity index is 0.000000261. The topological polar surface area (TPSA) is 64.5 Å². The van der Waals surface area contributed by atoms with Crippen molar-refractivity contribution >= 4 is 71.4 Å². The maximum Gasteiger partial charge on any atom is 0.0892 e. The molecule has 8 rings (SSSR count). The Bertz CT molecular complexity index is 2940. The fourth-order valence-electron chi connectivity index (χ4n) is 11.0. The van der Waals surface area contributed by atoms with Crippen LogP contribution in [-0.2, 0) is 0 Å². The summed E-state index contributed by atoms with van der Waals surface area (Å²) in [5.74, 6) is 0. The minimum absolute atomic E-state index is 0.874. The molecule has 0 amide bonds. The summed E-state index contributed by atoms with van der Waals surface area (Å²) in [6, 6.07) is 52.5. The molecule has 4 aromatic carbocycles. The van der Waals surface area contributed by atoms with Crippen molar-refractivity contribution in [2.24, 2.45) is 0 Å². The number of pyridine rings is 4. The lowest BCUT2D eigenvalue weighted by Crippen LogP contribution is -2.25. The van der Waals surface area contributed by atoms with E-state index in [0.717, 1.165) is 97.4 Å². The van der Waals surface area contributed by atoms with Crippen molar-refractivity contribution in [2.75, 3.05) is 72.0 Å². The molecule has 0 atom stereocenters. The molecule has 8 nitrogen and oxygen atoms in total. The molecular weight excluding hydrogens is 1120 g/mol. The first-order chi connectivity index (χ1) is 45.3. The van der Waals surface area contributed by atoms with E-state index in [0.29, 0.717) is 0 Å². The zero-order chi connectivity index (χ0) is 64.8. The monoisotopic (exact) mass is 1230 g/mol. The second-order valence-corrected chi connectivity index (χ2v) is 24.4. The Morgan fingerprint density at radius 2 is 0.380 bits per heavy atom. The van der Waals surface area contributed by atoms with Gasteiger partial charge in [0.2, 0.25) is 0 Å². The smallest absolute Gasteiger partial charge is 0.0892 e. The first kappa shape index (κ1) is 71.1. The average Bonchev–Trinajstić information content (AvgIpc) is 1.73. The van der Waals surface area contributed by atoms with E-state index in [1.54, 1.807) is 0 Å². The van der Waals surface area contributed by atoms with Crippen LogP contribution in [0.15, 0.2) is 170 Å². The van der Waals surface area contributed by atoms with Gasteiger partial charge in [0.25, 0.3) is 0 Å². The number of hydrogen-bond donors (Lipinski definition) is 0. The molecule has 0 fully saturated rings.